The predicted molar refractivity (Wildman–Crippen MR) is 138 cm³/mol. The van der Waals surface area contributed by atoms with Crippen molar-refractivity contribution in [1.29, 1.82) is 0 Å². The Bertz CT molecular complexity index is 1430. The molecule has 3 rings (SSSR count). The SMILES string of the molecule is CCNC(=O)c1ccc(Oc2ccc(CC(=O)NO)cc2OC)c(NS(=O)(=O)c2ccc(Cl)cc2Cl)c1. The number of carbonyl (C=O) groups excluding carboxylic acids is 2. The summed E-state index contributed by atoms with van der Waals surface area (Å²) in [5, 5.41) is 11.6. The van der Waals surface area contributed by atoms with E-state index in [1.807, 2.05) is 0 Å². The molecular formula is C24H23Cl2N3O7S. The Balaban J connectivity index is 2.03. The van der Waals surface area contributed by atoms with Crippen molar-refractivity contribution >= 4 is 50.7 Å². The summed E-state index contributed by atoms with van der Waals surface area (Å²) in [5.41, 5.74) is 2.23. The minimum Gasteiger partial charge on any atom is -0.493 e. The number of hydrogen-bond donors (Lipinski definition) is 4. The molecule has 0 heterocycles. The Morgan fingerprint density at radius 3 is 2.35 bits per heavy atom. The molecule has 13 heteroatoms. The van der Waals surface area contributed by atoms with E-state index < -0.39 is 21.8 Å². The average Bonchev–Trinajstić information content (AvgIpc) is 2.85. The van der Waals surface area contributed by atoms with Crippen LogP contribution in [0.3, 0.4) is 0 Å². The second kappa shape index (κ2) is 12.2. The Morgan fingerprint density at radius 2 is 1.70 bits per heavy atom. The van der Waals surface area contributed by atoms with Crippen LogP contribution in [0.4, 0.5) is 5.69 Å². The number of amides is 2. The maximum absolute atomic E-state index is 13.2. The van der Waals surface area contributed by atoms with Crippen molar-refractivity contribution < 1.29 is 32.7 Å². The third kappa shape index (κ3) is 7.04. The van der Waals surface area contributed by atoms with Crippen LogP contribution in [0.1, 0.15) is 22.8 Å². The third-order valence-electron chi connectivity index (χ3n) is 4.94. The molecule has 0 spiro atoms. The van der Waals surface area contributed by atoms with Crippen molar-refractivity contribution in [3.8, 4) is 17.2 Å². The molecule has 3 aromatic rings. The van der Waals surface area contributed by atoms with E-state index in [4.69, 9.17) is 37.9 Å². The van der Waals surface area contributed by atoms with Gasteiger partial charge in [0, 0.05) is 17.1 Å². The van der Waals surface area contributed by atoms with E-state index in [0.717, 1.165) is 0 Å². The summed E-state index contributed by atoms with van der Waals surface area (Å²) in [7, 11) is -2.83. The standard InChI is InChI=1S/C24H23Cl2N3O7S/c1-3-27-24(31)15-5-8-19(36-20-7-4-14(10-21(20)35-2)11-23(30)28-32)18(12-15)29-37(33,34)22-9-6-16(25)13-17(22)26/h4-10,12-13,29,32H,3,11H2,1-2H3,(H,27,31)(H,28,30). The normalized spacial score (nSPS) is 10.9. The quantitative estimate of drug-likeness (QED) is 0.210. The van der Waals surface area contributed by atoms with Gasteiger partial charge in [-0.15, -0.1) is 0 Å². The molecule has 0 aliphatic rings. The maximum Gasteiger partial charge on any atom is 0.263 e. The molecule has 0 aliphatic heterocycles. The van der Waals surface area contributed by atoms with Gasteiger partial charge in [-0.1, -0.05) is 29.3 Å². The van der Waals surface area contributed by atoms with Crippen molar-refractivity contribution in [2.24, 2.45) is 0 Å². The second-order valence-corrected chi connectivity index (χ2v) is 10.0. The summed E-state index contributed by atoms with van der Waals surface area (Å²) in [6.07, 6.45) is -0.110. The van der Waals surface area contributed by atoms with E-state index in [9.17, 15) is 18.0 Å². The Labute approximate surface area is 223 Å². The molecule has 37 heavy (non-hydrogen) atoms. The van der Waals surface area contributed by atoms with Gasteiger partial charge >= 0.3 is 0 Å². The van der Waals surface area contributed by atoms with Gasteiger partial charge in [-0.3, -0.25) is 19.5 Å². The molecule has 10 nitrogen and oxygen atoms in total. The van der Waals surface area contributed by atoms with Gasteiger partial charge in [-0.2, -0.15) is 0 Å². The molecule has 0 saturated carbocycles. The van der Waals surface area contributed by atoms with Crippen LogP contribution >= 0.6 is 23.2 Å². The average molecular weight is 568 g/mol. The van der Waals surface area contributed by atoms with Crippen LogP contribution in [-0.2, 0) is 21.2 Å². The summed E-state index contributed by atoms with van der Waals surface area (Å²) in [5.74, 6) is -0.532. The number of nitrogens with one attached hydrogen (secondary N) is 3. The minimum absolute atomic E-state index is 0.0412. The van der Waals surface area contributed by atoms with E-state index in [-0.39, 0.29) is 49.9 Å². The number of carbonyl (C=O) groups is 2. The first-order valence-corrected chi connectivity index (χ1v) is 13.0. The Hall–Kier alpha value is -3.51. The van der Waals surface area contributed by atoms with Gasteiger partial charge in [0.2, 0.25) is 5.91 Å². The van der Waals surface area contributed by atoms with Crippen molar-refractivity contribution in [3.63, 3.8) is 0 Å². The molecule has 0 fully saturated rings. The lowest BCUT2D eigenvalue weighted by Gasteiger charge is -2.17. The van der Waals surface area contributed by atoms with Crippen molar-refractivity contribution in [1.82, 2.24) is 10.8 Å². The zero-order valence-corrected chi connectivity index (χ0v) is 22.0. The van der Waals surface area contributed by atoms with Crippen molar-refractivity contribution in [2.75, 3.05) is 18.4 Å². The third-order valence-corrected chi connectivity index (χ3v) is 7.03. The molecule has 0 saturated heterocycles. The highest BCUT2D eigenvalue weighted by Crippen LogP contribution is 2.38. The molecule has 4 N–H and O–H groups in total. The number of rotatable bonds is 10. The molecule has 3 aromatic carbocycles. The largest absolute Gasteiger partial charge is 0.493 e. The molecular weight excluding hydrogens is 545 g/mol. The predicted octanol–water partition coefficient (Wildman–Crippen LogP) is 4.39. The highest BCUT2D eigenvalue weighted by molar-refractivity contribution is 7.92. The van der Waals surface area contributed by atoms with Crippen molar-refractivity contribution in [3.05, 3.63) is 75.8 Å². The lowest BCUT2D eigenvalue weighted by molar-refractivity contribution is -0.128. The topological polar surface area (TPSA) is 143 Å². The van der Waals surface area contributed by atoms with Gasteiger partial charge in [-0.05, 0) is 61.0 Å². The van der Waals surface area contributed by atoms with Gasteiger partial charge < -0.3 is 14.8 Å². The fourth-order valence-corrected chi connectivity index (χ4v) is 5.08. The first kappa shape index (κ1) is 28.1. The lowest BCUT2D eigenvalue weighted by Crippen LogP contribution is -2.23. The first-order chi connectivity index (χ1) is 17.6. The fourth-order valence-electron chi connectivity index (χ4n) is 3.25. The monoisotopic (exact) mass is 567 g/mol. The van der Waals surface area contributed by atoms with Crippen LogP contribution in [0.2, 0.25) is 10.0 Å². The highest BCUT2D eigenvalue weighted by Gasteiger charge is 2.22. The summed E-state index contributed by atoms with van der Waals surface area (Å²) < 4.78 is 40.1. The van der Waals surface area contributed by atoms with Crippen LogP contribution < -0.4 is 25.0 Å². The number of sulfonamides is 1. The summed E-state index contributed by atoms with van der Waals surface area (Å²) in [6.45, 7) is 2.12. The van der Waals surface area contributed by atoms with E-state index in [1.54, 1.807) is 18.5 Å². The number of halogens is 2. The van der Waals surface area contributed by atoms with E-state index in [2.05, 4.69) is 10.0 Å². The van der Waals surface area contributed by atoms with Gasteiger partial charge in [-0.25, -0.2) is 13.9 Å². The van der Waals surface area contributed by atoms with Crippen LogP contribution in [-0.4, -0.2) is 39.1 Å². The number of hydrogen-bond acceptors (Lipinski definition) is 7. The zero-order chi connectivity index (χ0) is 27.2. The summed E-state index contributed by atoms with van der Waals surface area (Å²) >= 11 is 12.0. The lowest BCUT2D eigenvalue weighted by atomic mass is 10.1. The van der Waals surface area contributed by atoms with Gasteiger partial charge in [0.1, 0.15) is 4.90 Å². The van der Waals surface area contributed by atoms with E-state index in [1.165, 1.54) is 55.6 Å². The molecule has 0 atom stereocenters. The fraction of sp³-hybridized carbons (Fsp3) is 0.167. The molecule has 0 bridgehead atoms. The van der Waals surface area contributed by atoms with Gasteiger partial charge in [0.05, 0.1) is 24.2 Å². The summed E-state index contributed by atoms with van der Waals surface area (Å²) in [4.78, 5) is 23.7. The first-order valence-electron chi connectivity index (χ1n) is 10.8. The zero-order valence-electron chi connectivity index (χ0n) is 19.7. The number of methoxy groups -OCH3 is 1. The van der Waals surface area contributed by atoms with Gasteiger partial charge in [0.15, 0.2) is 17.2 Å². The van der Waals surface area contributed by atoms with Crippen molar-refractivity contribution in [2.45, 2.75) is 18.2 Å². The molecule has 0 aliphatic carbocycles. The molecule has 196 valence electrons. The molecule has 2 amide bonds. The Kier molecular flexibility index (Phi) is 9.22. The second-order valence-electron chi connectivity index (χ2n) is 7.55. The number of benzene rings is 3. The highest BCUT2D eigenvalue weighted by atomic mass is 35.5. The van der Waals surface area contributed by atoms with Gasteiger partial charge in [0.25, 0.3) is 15.9 Å². The Morgan fingerprint density at radius 1 is 0.973 bits per heavy atom. The molecule has 0 radical (unpaired) electrons. The van der Waals surface area contributed by atoms with E-state index in [0.29, 0.717) is 12.1 Å². The van der Waals surface area contributed by atoms with E-state index >= 15 is 0 Å². The number of ether oxygens (including phenoxy) is 2. The number of hydroxylamine groups is 1. The minimum atomic E-state index is -4.22. The van der Waals surface area contributed by atoms with Crippen LogP contribution in [0.15, 0.2) is 59.5 Å². The summed E-state index contributed by atoms with van der Waals surface area (Å²) in [6, 6.07) is 12.8. The van der Waals surface area contributed by atoms with Crippen LogP contribution in [0.5, 0.6) is 17.2 Å². The van der Waals surface area contributed by atoms with Crippen LogP contribution in [0, 0.1) is 0 Å². The number of anilines is 1. The van der Waals surface area contributed by atoms with Crippen LogP contribution in [0.25, 0.3) is 0 Å². The smallest absolute Gasteiger partial charge is 0.263 e. The maximum atomic E-state index is 13.2. The molecule has 0 aromatic heterocycles. The molecule has 0 unspecified atom stereocenters.